The topological polar surface area (TPSA) is 54.3 Å². The molecule has 1 aromatic heterocycles. The Morgan fingerprint density at radius 1 is 1.20 bits per heavy atom. The molecule has 1 aromatic carbocycles. The molecule has 0 fully saturated rings. The van der Waals surface area contributed by atoms with Crippen LogP contribution >= 0.6 is 0 Å². The van der Waals surface area contributed by atoms with Gasteiger partial charge in [-0.2, -0.15) is 0 Å². The van der Waals surface area contributed by atoms with Crippen LogP contribution in [0.1, 0.15) is 53.1 Å². The maximum atomic E-state index is 13.1. The van der Waals surface area contributed by atoms with Crippen LogP contribution in [0.2, 0.25) is 0 Å². The lowest BCUT2D eigenvalue weighted by Gasteiger charge is -2.11. The Bertz CT molecular complexity index is 733. The molecule has 1 heterocycles. The van der Waals surface area contributed by atoms with Gasteiger partial charge < -0.3 is 15.0 Å². The lowest BCUT2D eigenvalue weighted by Crippen LogP contribution is -2.18. The van der Waals surface area contributed by atoms with Gasteiger partial charge in [-0.05, 0) is 50.4 Å². The van der Waals surface area contributed by atoms with E-state index in [2.05, 4.69) is 19.2 Å². The van der Waals surface area contributed by atoms with E-state index in [4.69, 9.17) is 0 Å². The zero-order chi connectivity index (χ0) is 18.6. The van der Waals surface area contributed by atoms with Crippen molar-refractivity contribution in [2.75, 3.05) is 6.54 Å². The summed E-state index contributed by atoms with van der Waals surface area (Å²) in [6, 6.07) is 6.32. The number of halogens is 1. The Morgan fingerprint density at radius 2 is 1.84 bits per heavy atom. The van der Waals surface area contributed by atoms with Crippen LogP contribution in [0.4, 0.5) is 4.39 Å². The number of aromatic carboxylic acids is 1. The molecule has 2 N–H and O–H groups in total. The number of hydrogen-bond donors (Lipinski definition) is 2. The quantitative estimate of drug-likeness (QED) is 0.707. The van der Waals surface area contributed by atoms with E-state index in [0.29, 0.717) is 24.6 Å². The van der Waals surface area contributed by atoms with Gasteiger partial charge in [0.05, 0.1) is 5.56 Å². The fourth-order valence-corrected chi connectivity index (χ4v) is 3.06. The number of hydrogen-bond acceptors (Lipinski definition) is 2. The van der Waals surface area contributed by atoms with Gasteiger partial charge in [0, 0.05) is 30.0 Å². The smallest absolute Gasteiger partial charge is 0.337 e. The van der Waals surface area contributed by atoms with E-state index >= 15 is 0 Å². The van der Waals surface area contributed by atoms with Gasteiger partial charge in [0.25, 0.3) is 0 Å². The van der Waals surface area contributed by atoms with Gasteiger partial charge in [0.15, 0.2) is 0 Å². The van der Waals surface area contributed by atoms with Crippen LogP contribution in [0, 0.1) is 25.6 Å². The van der Waals surface area contributed by atoms with Crippen molar-refractivity contribution in [2.24, 2.45) is 5.92 Å². The summed E-state index contributed by atoms with van der Waals surface area (Å²) in [4.78, 5) is 11.8. The fraction of sp³-hybridized carbons (Fsp3) is 0.450. The van der Waals surface area contributed by atoms with E-state index in [9.17, 15) is 14.3 Å². The zero-order valence-corrected chi connectivity index (χ0v) is 15.4. The van der Waals surface area contributed by atoms with E-state index in [1.165, 1.54) is 12.1 Å². The van der Waals surface area contributed by atoms with E-state index in [-0.39, 0.29) is 5.82 Å². The summed E-state index contributed by atoms with van der Waals surface area (Å²) in [5, 5.41) is 13.0. The minimum absolute atomic E-state index is 0.272. The summed E-state index contributed by atoms with van der Waals surface area (Å²) in [5.41, 5.74) is 3.82. The third-order valence-electron chi connectivity index (χ3n) is 4.58. The molecule has 0 spiro atoms. The summed E-state index contributed by atoms with van der Waals surface area (Å²) < 4.78 is 15.1. The summed E-state index contributed by atoms with van der Waals surface area (Å²) in [5.74, 6) is -0.567. The van der Waals surface area contributed by atoms with Gasteiger partial charge in [0.2, 0.25) is 0 Å². The lowest BCUT2D eigenvalue weighted by molar-refractivity contribution is 0.0694. The molecule has 0 aliphatic heterocycles. The van der Waals surface area contributed by atoms with Gasteiger partial charge in [0.1, 0.15) is 5.82 Å². The first-order valence-corrected chi connectivity index (χ1v) is 8.68. The van der Waals surface area contributed by atoms with Crippen LogP contribution in [-0.4, -0.2) is 22.2 Å². The molecule has 0 saturated carbocycles. The molecule has 0 radical (unpaired) electrons. The highest BCUT2D eigenvalue weighted by atomic mass is 19.1. The SMILES string of the molecule is Cc1c(CNCCC(C)C)c(C(=O)O)c(C)n1Cc1ccc(F)cc1. The molecule has 2 rings (SSSR count). The van der Waals surface area contributed by atoms with E-state index in [1.54, 1.807) is 12.1 Å². The standard InChI is InChI=1S/C20H27FN2O2/c1-13(2)9-10-22-11-18-14(3)23(15(4)19(18)20(24)25)12-16-5-7-17(21)8-6-16/h5-8,13,22H,9-12H2,1-4H3,(H,24,25). The number of carbonyl (C=O) groups is 1. The number of nitrogens with one attached hydrogen (secondary N) is 1. The van der Waals surface area contributed by atoms with Crippen molar-refractivity contribution in [2.45, 2.75) is 47.2 Å². The Kier molecular flexibility index (Phi) is 6.37. The molecule has 0 aliphatic rings. The fourth-order valence-electron chi connectivity index (χ4n) is 3.06. The molecule has 0 saturated heterocycles. The Morgan fingerprint density at radius 3 is 2.40 bits per heavy atom. The summed E-state index contributed by atoms with van der Waals surface area (Å²) in [7, 11) is 0. The molecule has 0 bridgehead atoms. The number of rotatable bonds is 8. The summed E-state index contributed by atoms with van der Waals surface area (Å²) in [6.45, 7) is 10.0. The van der Waals surface area contributed by atoms with Crippen molar-refractivity contribution >= 4 is 5.97 Å². The van der Waals surface area contributed by atoms with Crippen molar-refractivity contribution < 1.29 is 14.3 Å². The second-order valence-corrected chi connectivity index (χ2v) is 6.90. The molecule has 0 aliphatic carbocycles. The Balaban J connectivity index is 2.26. The van der Waals surface area contributed by atoms with Crippen molar-refractivity contribution in [3.8, 4) is 0 Å². The molecule has 2 aromatic rings. The molecule has 5 heteroatoms. The molecule has 25 heavy (non-hydrogen) atoms. The number of carboxylic acid groups (broad SMARTS) is 1. The van der Waals surface area contributed by atoms with Crippen LogP contribution in [0.3, 0.4) is 0 Å². The first kappa shape index (κ1) is 19.2. The van der Waals surface area contributed by atoms with Crippen LogP contribution in [-0.2, 0) is 13.1 Å². The molecule has 0 atom stereocenters. The Labute approximate surface area is 148 Å². The van der Waals surface area contributed by atoms with Crippen LogP contribution in [0.25, 0.3) is 0 Å². The third kappa shape index (κ3) is 4.69. The highest BCUT2D eigenvalue weighted by Gasteiger charge is 2.22. The van der Waals surface area contributed by atoms with Crippen LogP contribution < -0.4 is 5.32 Å². The first-order chi connectivity index (χ1) is 11.8. The Hall–Kier alpha value is -2.14. The minimum Gasteiger partial charge on any atom is -0.478 e. The highest BCUT2D eigenvalue weighted by Crippen LogP contribution is 2.24. The maximum absolute atomic E-state index is 13.1. The van der Waals surface area contributed by atoms with E-state index < -0.39 is 5.97 Å². The molecule has 0 unspecified atom stereocenters. The van der Waals surface area contributed by atoms with Crippen molar-refractivity contribution in [3.05, 3.63) is 58.2 Å². The van der Waals surface area contributed by atoms with Gasteiger partial charge in [-0.3, -0.25) is 0 Å². The normalized spacial score (nSPS) is 11.3. The number of aromatic nitrogens is 1. The third-order valence-corrected chi connectivity index (χ3v) is 4.58. The molecule has 4 nitrogen and oxygen atoms in total. The number of carboxylic acids is 1. The van der Waals surface area contributed by atoms with Crippen molar-refractivity contribution in [1.82, 2.24) is 9.88 Å². The average molecular weight is 346 g/mol. The van der Waals surface area contributed by atoms with E-state index in [1.807, 2.05) is 18.4 Å². The minimum atomic E-state index is -0.904. The maximum Gasteiger partial charge on any atom is 0.337 e. The molecular formula is C20H27FN2O2. The van der Waals surface area contributed by atoms with Gasteiger partial charge in [-0.1, -0.05) is 26.0 Å². The van der Waals surface area contributed by atoms with Crippen LogP contribution in [0.15, 0.2) is 24.3 Å². The zero-order valence-electron chi connectivity index (χ0n) is 15.4. The molecule has 0 amide bonds. The summed E-state index contributed by atoms with van der Waals surface area (Å²) in [6.07, 6.45) is 1.05. The van der Waals surface area contributed by atoms with Gasteiger partial charge in [-0.15, -0.1) is 0 Å². The second-order valence-electron chi connectivity index (χ2n) is 6.90. The van der Waals surface area contributed by atoms with Crippen molar-refractivity contribution in [1.29, 1.82) is 0 Å². The largest absolute Gasteiger partial charge is 0.478 e. The predicted molar refractivity (Wildman–Crippen MR) is 97.5 cm³/mol. The monoisotopic (exact) mass is 346 g/mol. The summed E-state index contributed by atoms with van der Waals surface area (Å²) >= 11 is 0. The lowest BCUT2D eigenvalue weighted by atomic mass is 10.1. The number of nitrogens with zero attached hydrogens (tertiary/aromatic N) is 1. The second kappa shape index (κ2) is 8.30. The van der Waals surface area contributed by atoms with Gasteiger partial charge in [-0.25, -0.2) is 9.18 Å². The highest BCUT2D eigenvalue weighted by molar-refractivity contribution is 5.91. The number of benzene rings is 1. The predicted octanol–water partition coefficient (Wildman–Crippen LogP) is 4.13. The van der Waals surface area contributed by atoms with Crippen molar-refractivity contribution in [3.63, 3.8) is 0 Å². The first-order valence-electron chi connectivity index (χ1n) is 8.68. The average Bonchev–Trinajstić information content (AvgIpc) is 2.77. The van der Waals surface area contributed by atoms with Gasteiger partial charge >= 0.3 is 5.97 Å². The molecule has 136 valence electrons. The van der Waals surface area contributed by atoms with Crippen LogP contribution in [0.5, 0.6) is 0 Å². The van der Waals surface area contributed by atoms with E-state index in [0.717, 1.165) is 35.5 Å². The molecular weight excluding hydrogens is 319 g/mol.